The van der Waals surface area contributed by atoms with Crippen LogP contribution in [0.3, 0.4) is 0 Å². The predicted octanol–water partition coefficient (Wildman–Crippen LogP) is 9.43. The summed E-state index contributed by atoms with van der Waals surface area (Å²) in [5.74, 6) is 0.727. The van der Waals surface area contributed by atoms with E-state index in [1.165, 1.54) is 22.3 Å². The topological polar surface area (TPSA) is 38.7 Å². The molecule has 6 aromatic rings. The van der Waals surface area contributed by atoms with E-state index in [2.05, 4.69) is 104 Å². The number of nitrogens with zero attached hydrogens (tertiary/aromatic N) is 3. The van der Waals surface area contributed by atoms with Crippen molar-refractivity contribution >= 4 is 0 Å². The van der Waals surface area contributed by atoms with E-state index in [0.717, 1.165) is 33.9 Å². The van der Waals surface area contributed by atoms with Crippen LogP contribution in [0.15, 0.2) is 128 Å². The molecule has 0 fully saturated rings. The van der Waals surface area contributed by atoms with Crippen molar-refractivity contribution in [3.05, 3.63) is 151 Å². The van der Waals surface area contributed by atoms with Crippen LogP contribution in [0, 0.1) is 19.1 Å². The Hall–Kier alpha value is -4.24. The minimum absolute atomic E-state index is 0. The zero-order chi connectivity index (χ0) is 28.7. The van der Waals surface area contributed by atoms with E-state index in [9.17, 15) is 0 Å². The van der Waals surface area contributed by atoms with Crippen molar-refractivity contribution in [3.63, 3.8) is 0 Å². The van der Waals surface area contributed by atoms with Crippen LogP contribution in [0.25, 0.3) is 44.9 Å². The molecule has 0 aliphatic heterocycles. The third kappa shape index (κ3) is 7.53. The van der Waals surface area contributed by atoms with Crippen molar-refractivity contribution in [1.29, 1.82) is 0 Å². The van der Waals surface area contributed by atoms with Gasteiger partial charge in [-0.25, -0.2) is 0 Å². The first-order valence-corrected chi connectivity index (χ1v) is 13.8. The normalized spacial score (nSPS) is 10.7. The molecule has 4 heteroatoms. The molecule has 0 aliphatic carbocycles. The molecule has 42 heavy (non-hydrogen) atoms. The molecule has 0 saturated heterocycles. The van der Waals surface area contributed by atoms with Crippen molar-refractivity contribution in [1.82, 2.24) is 15.0 Å². The maximum Gasteiger partial charge on any atom is 0.0751 e. The smallest absolute Gasteiger partial charge is 0.0751 e. The van der Waals surface area contributed by atoms with E-state index in [1.807, 2.05) is 73.1 Å². The Bertz CT molecular complexity index is 1650. The van der Waals surface area contributed by atoms with Gasteiger partial charge in [-0.2, -0.15) is 0 Å². The molecule has 0 spiro atoms. The fourth-order valence-electron chi connectivity index (χ4n) is 4.59. The van der Waals surface area contributed by atoms with Crippen LogP contribution < -0.4 is 0 Å². The van der Waals surface area contributed by atoms with E-state index in [4.69, 9.17) is 4.98 Å². The van der Waals surface area contributed by atoms with Crippen LogP contribution in [-0.4, -0.2) is 15.0 Å². The number of benzene rings is 4. The fourth-order valence-corrected chi connectivity index (χ4v) is 4.59. The molecule has 0 amide bonds. The number of pyridine rings is 1. The number of hydrogen-bond acceptors (Lipinski definition) is 3. The monoisotopic (exact) mass is 724 g/mol. The van der Waals surface area contributed by atoms with Gasteiger partial charge in [-0.3, -0.25) is 9.97 Å². The van der Waals surface area contributed by atoms with Crippen LogP contribution in [0.5, 0.6) is 0 Å². The van der Waals surface area contributed by atoms with Gasteiger partial charge in [0.05, 0.1) is 5.82 Å². The van der Waals surface area contributed by atoms with Crippen molar-refractivity contribution in [2.75, 3.05) is 0 Å². The van der Waals surface area contributed by atoms with Crippen LogP contribution in [-0.2, 0) is 25.5 Å². The maximum absolute atomic E-state index is 4.71. The zero-order valence-electron chi connectivity index (χ0n) is 24.3. The van der Waals surface area contributed by atoms with Gasteiger partial charge in [0.1, 0.15) is 0 Å². The van der Waals surface area contributed by atoms with Crippen LogP contribution in [0.4, 0.5) is 0 Å². The minimum Gasteiger partial charge on any atom is -0.304 e. The molecule has 6 rings (SSSR count). The molecule has 0 aliphatic rings. The fraction of sp³-hybridized carbons (Fsp3) is 0.132. The predicted molar refractivity (Wildman–Crippen MR) is 169 cm³/mol. The van der Waals surface area contributed by atoms with Crippen molar-refractivity contribution in [2.24, 2.45) is 0 Å². The van der Waals surface area contributed by atoms with E-state index >= 15 is 0 Å². The summed E-state index contributed by atoms with van der Waals surface area (Å²) in [6, 6.07) is 45.3. The molecule has 4 aromatic carbocycles. The Kier molecular flexibility index (Phi) is 10.3. The third-order valence-electron chi connectivity index (χ3n) is 6.83. The van der Waals surface area contributed by atoms with Gasteiger partial charge >= 0.3 is 0 Å². The van der Waals surface area contributed by atoms with Crippen molar-refractivity contribution in [2.45, 2.75) is 33.1 Å². The second-order valence-electron chi connectivity index (χ2n) is 10.8. The summed E-state index contributed by atoms with van der Waals surface area (Å²) >= 11 is 0. The van der Waals surface area contributed by atoms with Gasteiger partial charge < -0.3 is 4.98 Å². The Morgan fingerprint density at radius 1 is 0.595 bits per heavy atom. The Labute approximate surface area is 263 Å². The SMILES string of the molecule is CC(C)(C)c1ccnc(-c2[c-]ccc(-c3ccccc3)c2)n1.Cc1c(-c2ccccc2)ccnc1-c1[c-]cccc1.[Ir]. The summed E-state index contributed by atoms with van der Waals surface area (Å²) in [5.41, 5.74) is 9.99. The number of aromatic nitrogens is 3. The van der Waals surface area contributed by atoms with E-state index in [0.29, 0.717) is 0 Å². The summed E-state index contributed by atoms with van der Waals surface area (Å²) in [6.07, 6.45) is 3.69. The first-order valence-electron chi connectivity index (χ1n) is 13.8. The molecule has 0 N–H and O–H groups in total. The number of hydrogen-bond donors (Lipinski definition) is 0. The molecule has 0 saturated carbocycles. The van der Waals surface area contributed by atoms with Crippen LogP contribution in [0.2, 0.25) is 0 Å². The van der Waals surface area contributed by atoms with Crippen LogP contribution in [0.1, 0.15) is 32.0 Å². The molecule has 0 bridgehead atoms. The second-order valence-corrected chi connectivity index (χ2v) is 10.8. The average Bonchev–Trinajstić information content (AvgIpc) is 3.02. The summed E-state index contributed by atoms with van der Waals surface area (Å²) in [6.45, 7) is 8.58. The van der Waals surface area contributed by atoms with Gasteiger partial charge in [-0.05, 0) is 41.4 Å². The van der Waals surface area contributed by atoms with E-state index in [1.54, 1.807) is 0 Å². The van der Waals surface area contributed by atoms with Gasteiger partial charge in [0, 0.05) is 43.6 Å². The molecule has 211 valence electrons. The Morgan fingerprint density at radius 3 is 1.90 bits per heavy atom. The molecule has 3 nitrogen and oxygen atoms in total. The third-order valence-corrected chi connectivity index (χ3v) is 6.83. The molecular formula is C38H33IrN3-2. The second kappa shape index (κ2) is 14.1. The van der Waals surface area contributed by atoms with Gasteiger partial charge in [0.25, 0.3) is 0 Å². The Morgan fingerprint density at radius 2 is 1.24 bits per heavy atom. The van der Waals surface area contributed by atoms with E-state index in [-0.39, 0.29) is 25.5 Å². The summed E-state index contributed by atoms with van der Waals surface area (Å²) in [4.78, 5) is 13.6. The maximum atomic E-state index is 4.71. The zero-order valence-corrected chi connectivity index (χ0v) is 26.7. The molecule has 0 atom stereocenters. The summed E-state index contributed by atoms with van der Waals surface area (Å²) in [5, 5.41) is 0. The van der Waals surface area contributed by atoms with E-state index < -0.39 is 0 Å². The van der Waals surface area contributed by atoms with Crippen LogP contribution >= 0.6 is 0 Å². The van der Waals surface area contributed by atoms with Gasteiger partial charge in [-0.1, -0.05) is 87.0 Å². The molecule has 1 radical (unpaired) electrons. The van der Waals surface area contributed by atoms with Gasteiger partial charge in [0.2, 0.25) is 0 Å². The Balaban J connectivity index is 0.000000190. The molecule has 2 aromatic heterocycles. The average molecular weight is 724 g/mol. The van der Waals surface area contributed by atoms with Gasteiger partial charge in [-0.15, -0.1) is 71.3 Å². The summed E-state index contributed by atoms with van der Waals surface area (Å²) in [7, 11) is 0. The van der Waals surface area contributed by atoms with Gasteiger partial charge in [0.15, 0.2) is 0 Å². The number of rotatable bonds is 4. The largest absolute Gasteiger partial charge is 0.304 e. The molecule has 2 heterocycles. The first-order chi connectivity index (χ1) is 19.9. The first kappa shape index (κ1) is 30.7. The summed E-state index contributed by atoms with van der Waals surface area (Å²) < 4.78 is 0. The standard InChI is InChI=1S/C20H19N2.C18H14N.Ir/c1-20(2,3)18-12-13-21-19(22-18)17-11-7-10-16(14-17)15-8-5-4-6-9-15;1-14-17(15-8-4-2-5-9-15)12-13-19-18(14)16-10-6-3-7-11-16;/h4-10,12-14H,1-3H3;2-10,12-13H,1H3;/q2*-1;. The minimum atomic E-state index is 0. The molecular weight excluding hydrogens is 691 g/mol. The molecule has 0 unspecified atom stereocenters. The van der Waals surface area contributed by atoms with Crippen molar-refractivity contribution in [3.8, 4) is 44.9 Å². The van der Waals surface area contributed by atoms with Crippen molar-refractivity contribution < 1.29 is 20.1 Å². The quantitative estimate of drug-likeness (QED) is 0.170.